The molecule has 0 aromatic heterocycles. The van der Waals surface area contributed by atoms with E-state index in [0.717, 1.165) is 0 Å². The van der Waals surface area contributed by atoms with Crippen LogP contribution in [-0.4, -0.2) is 26.6 Å². The van der Waals surface area contributed by atoms with Gasteiger partial charge in [0, 0.05) is 38.5 Å². The summed E-state index contributed by atoms with van der Waals surface area (Å²) in [6.07, 6.45) is 0.0994. The topological polar surface area (TPSA) is 54.5 Å². The molecule has 1 aliphatic heterocycles. The Kier molecular flexibility index (Phi) is 4.78. The molecule has 1 atom stereocenters. The van der Waals surface area contributed by atoms with Crippen molar-refractivity contribution >= 4 is 63.2 Å². The molecule has 1 unspecified atom stereocenters. The standard InChI is InChI=1S/C11H9Br2ClFNO3S/c12-8-2-7(15)3-9(13)11(8)16-4-6(1-10(16)17)5-20(14,18)19/h2-3,6H,1,4-5H2. The van der Waals surface area contributed by atoms with Crippen LogP contribution in [-0.2, 0) is 13.8 Å². The highest BCUT2D eigenvalue weighted by atomic mass is 79.9. The summed E-state index contributed by atoms with van der Waals surface area (Å²) < 4.78 is 36.2. The zero-order chi connectivity index (χ0) is 15.1. The molecule has 0 aliphatic carbocycles. The van der Waals surface area contributed by atoms with Crippen molar-refractivity contribution in [2.75, 3.05) is 17.2 Å². The molecule has 1 saturated heterocycles. The highest BCUT2D eigenvalue weighted by Crippen LogP contribution is 2.38. The maximum atomic E-state index is 13.2. The van der Waals surface area contributed by atoms with Crippen molar-refractivity contribution in [3.63, 3.8) is 0 Å². The van der Waals surface area contributed by atoms with E-state index in [1.54, 1.807) is 0 Å². The quantitative estimate of drug-likeness (QED) is 0.666. The molecule has 0 radical (unpaired) electrons. The number of nitrogens with zero attached hydrogens (tertiary/aromatic N) is 1. The molecule has 1 heterocycles. The lowest BCUT2D eigenvalue weighted by molar-refractivity contribution is -0.117. The van der Waals surface area contributed by atoms with Gasteiger partial charge in [0.1, 0.15) is 5.82 Å². The number of anilines is 1. The van der Waals surface area contributed by atoms with Gasteiger partial charge in [-0.15, -0.1) is 0 Å². The summed E-state index contributed by atoms with van der Waals surface area (Å²) in [7, 11) is 1.56. The predicted molar refractivity (Wildman–Crippen MR) is 81.9 cm³/mol. The molecule has 0 spiro atoms. The Morgan fingerprint density at radius 3 is 2.40 bits per heavy atom. The van der Waals surface area contributed by atoms with E-state index in [1.807, 2.05) is 0 Å². The van der Waals surface area contributed by atoms with Crippen LogP contribution < -0.4 is 4.90 Å². The fourth-order valence-corrected chi connectivity index (χ4v) is 5.06. The molecule has 0 bridgehead atoms. The maximum absolute atomic E-state index is 13.2. The van der Waals surface area contributed by atoms with E-state index in [1.165, 1.54) is 17.0 Å². The van der Waals surface area contributed by atoms with Gasteiger partial charge in [-0.2, -0.15) is 0 Å². The number of benzene rings is 1. The van der Waals surface area contributed by atoms with Crippen LogP contribution in [0.25, 0.3) is 0 Å². The second kappa shape index (κ2) is 5.90. The molecular weight excluding hydrogens is 440 g/mol. The monoisotopic (exact) mass is 447 g/mol. The SMILES string of the molecule is O=C1CC(CS(=O)(=O)Cl)CN1c1c(Br)cc(F)cc1Br. The second-order valence-corrected chi connectivity index (χ2v) is 9.03. The molecule has 20 heavy (non-hydrogen) atoms. The molecule has 0 N–H and O–H groups in total. The molecule has 9 heteroatoms. The Morgan fingerprint density at radius 2 is 1.90 bits per heavy atom. The number of carbonyl (C=O) groups is 1. The van der Waals surface area contributed by atoms with Crippen LogP contribution in [0.2, 0.25) is 0 Å². The van der Waals surface area contributed by atoms with Gasteiger partial charge in [0.15, 0.2) is 0 Å². The zero-order valence-corrected chi connectivity index (χ0v) is 14.7. The Bertz CT molecular complexity index is 645. The average Bonchev–Trinajstić information content (AvgIpc) is 2.55. The van der Waals surface area contributed by atoms with Crippen LogP contribution >= 0.6 is 42.5 Å². The largest absolute Gasteiger partial charge is 0.310 e. The lowest BCUT2D eigenvalue weighted by Gasteiger charge is -2.20. The van der Waals surface area contributed by atoms with Gasteiger partial charge in [-0.05, 0) is 44.0 Å². The molecule has 110 valence electrons. The second-order valence-electron chi connectivity index (χ2n) is 4.50. The Labute approximate surface area is 137 Å². The van der Waals surface area contributed by atoms with E-state index in [0.29, 0.717) is 14.6 Å². The summed E-state index contributed by atoms with van der Waals surface area (Å²) in [4.78, 5) is 13.4. The van der Waals surface area contributed by atoms with Crippen molar-refractivity contribution in [1.29, 1.82) is 0 Å². The van der Waals surface area contributed by atoms with Crippen LogP contribution in [0, 0.1) is 11.7 Å². The fraction of sp³-hybridized carbons (Fsp3) is 0.364. The third-order valence-corrected chi connectivity index (χ3v) is 5.35. The third kappa shape index (κ3) is 3.72. The van der Waals surface area contributed by atoms with Crippen molar-refractivity contribution in [3.05, 3.63) is 26.9 Å². The van der Waals surface area contributed by atoms with Gasteiger partial charge in [0.2, 0.25) is 15.0 Å². The first kappa shape index (κ1) is 16.2. The van der Waals surface area contributed by atoms with Crippen molar-refractivity contribution in [3.8, 4) is 0 Å². The average molecular weight is 450 g/mol. The first-order chi connectivity index (χ1) is 9.17. The number of rotatable bonds is 3. The van der Waals surface area contributed by atoms with Crippen molar-refractivity contribution in [2.24, 2.45) is 5.92 Å². The molecule has 1 aromatic carbocycles. The highest BCUT2D eigenvalue weighted by Gasteiger charge is 2.35. The molecule has 1 amide bonds. The molecule has 1 fully saturated rings. The lowest BCUT2D eigenvalue weighted by Crippen LogP contribution is -2.26. The summed E-state index contributed by atoms with van der Waals surface area (Å²) in [5, 5.41) is 0. The summed E-state index contributed by atoms with van der Waals surface area (Å²) in [5.41, 5.74) is 0.492. The van der Waals surface area contributed by atoms with E-state index in [-0.39, 0.29) is 30.5 Å². The van der Waals surface area contributed by atoms with Crippen molar-refractivity contribution in [2.45, 2.75) is 6.42 Å². The Morgan fingerprint density at radius 1 is 1.35 bits per heavy atom. The zero-order valence-electron chi connectivity index (χ0n) is 9.95. The minimum atomic E-state index is -3.65. The Hall–Kier alpha value is -0.180. The van der Waals surface area contributed by atoms with Crippen LogP contribution in [0.5, 0.6) is 0 Å². The number of carbonyl (C=O) groups excluding carboxylic acids is 1. The predicted octanol–water partition coefficient (Wildman–Crippen LogP) is 3.27. The minimum Gasteiger partial charge on any atom is -0.310 e. The van der Waals surface area contributed by atoms with Gasteiger partial charge in [-0.3, -0.25) is 4.79 Å². The number of hydrogen-bond donors (Lipinski definition) is 0. The smallest absolute Gasteiger partial charge is 0.232 e. The summed E-state index contributed by atoms with van der Waals surface area (Å²) in [6, 6.07) is 2.50. The number of halogens is 4. The third-order valence-electron chi connectivity index (χ3n) is 2.89. The molecular formula is C11H9Br2ClFNO3S. The first-order valence-corrected chi connectivity index (χ1v) is 9.61. The minimum absolute atomic E-state index is 0.0994. The van der Waals surface area contributed by atoms with E-state index in [9.17, 15) is 17.6 Å². The van der Waals surface area contributed by atoms with Gasteiger partial charge in [-0.1, -0.05) is 0 Å². The van der Waals surface area contributed by atoms with E-state index in [2.05, 4.69) is 31.9 Å². The number of amides is 1. The van der Waals surface area contributed by atoms with Gasteiger partial charge < -0.3 is 4.90 Å². The van der Waals surface area contributed by atoms with Crippen LogP contribution in [0.3, 0.4) is 0 Å². The molecule has 0 saturated carbocycles. The first-order valence-electron chi connectivity index (χ1n) is 5.54. The van der Waals surface area contributed by atoms with Gasteiger partial charge in [0.25, 0.3) is 0 Å². The van der Waals surface area contributed by atoms with E-state index >= 15 is 0 Å². The maximum Gasteiger partial charge on any atom is 0.232 e. The molecule has 1 aliphatic rings. The summed E-state index contributed by atoms with van der Waals surface area (Å²) in [5.74, 6) is -1.29. The fourth-order valence-electron chi connectivity index (χ4n) is 2.18. The van der Waals surface area contributed by atoms with Crippen molar-refractivity contribution in [1.82, 2.24) is 0 Å². The number of hydrogen-bond acceptors (Lipinski definition) is 3. The van der Waals surface area contributed by atoms with Crippen LogP contribution in [0.15, 0.2) is 21.1 Å². The van der Waals surface area contributed by atoms with Gasteiger partial charge in [-0.25, -0.2) is 12.8 Å². The normalized spacial score (nSPS) is 19.7. The molecule has 4 nitrogen and oxygen atoms in total. The van der Waals surface area contributed by atoms with Gasteiger partial charge >= 0.3 is 0 Å². The van der Waals surface area contributed by atoms with Gasteiger partial charge in [0.05, 0.1) is 11.4 Å². The lowest BCUT2D eigenvalue weighted by atomic mass is 10.1. The Balaban J connectivity index is 2.29. The summed E-state index contributed by atoms with van der Waals surface area (Å²) in [6.45, 7) is 0.230. The van der Waals surface area contributed by atoms with E-state index in [4.69, 9.17) is 10.7 Å². The van der Waals surface area contributed by atoms with Crippen molar-refractivity contribution < 1.29 is 17.6 Å². The van der Waals surface area contributed by atoms with Crippen LogP contribution in [0.1, 0.15) is 6.42 Å². The molecule has 1 aromatic rings. The van der Waals surface area contributed by atoms with E-state index < -0.39 is 14.9 Å². The molecule has 2 rings (SSSR count). The van der Waals surface area contributed by atoms with Crippen LogP contribution in [0.4, 0.5) is 10.1 Å². The highest BCUT2D eigenvalue weighted by molar-refractivity contribution is 9.11. The summed E-state index contributed by atoms with van der Waals surface area (Å²) >= 11 is 6.42.